The van der Waals surface area contributed by atoms with Gasteiger partial charge in [0.1, 0.15) is 5.75 Å². The Balaban J connectivity index is 1.32. The highest BCUT2D eigenvalue weighted by molar-refractivity contribution is 7.22. The molecule has 2 bridgehead atoms. The average molecular weight is 403 g/mol. The Bertz CT molecular complexity index is 1190. The van der Waals surface area contributed by atoms with Crippen LogP contribution in [0.5, 0.6) is 11.6 Å². The quantitative estimate of drug-likeness (QED) is 0.486. The third-order valence-corrected chi connectivity index (χ3v) is 7.13. The van der Waals surface area contributed by atoms with E-state index in [0.29, 0.717) is 16.8 Å². The number of allylic oxidation sites excluding steroid dienone is 2. The summed E-state index contributed by atoms with van der Waals surface area (Å²) in [6.07, 6.45) is 6.83. The Morgan fingerprint density at radius 3 is 2.55 bits per heavy atom. The van der Waals surface area contributed by atoms with Gasteiger partial charge in [0.2, 0.25) is 17.7 Å². The van der Waals surface area contributed by atoms with E-state index in [1.807, 2.05) is 37.3 Å². The first kappa shape index (κ1) is 16.9. The molecule has 3 aliphatic rings. The van der Waals surface area contributed by atoms with Crippen LogP contribution in [0.15, 0.2) is 48.7 Å². The van der Waals surface area contributed by atoms with Crippen LogP contribution in [0.4, 0.5) is 5.13 Å². The van der Waals surface area contributed by atoms with Crippen molar-refractivity contribution in [1.82, 2.24) is 9.97 Å². The van der Waals surface area contributed by atoms with Gasteiger partial charge in [-0.25, -0.2) is 14.9 Å². The summed E-state index contributed by atoms with van der Waals surface area (Å²) in [6, 6.07) is 9.31. The molecule has 1 saturated heterocycles. The first-order valence-corrected chi connectivity index (χ1v) is 10.5. The minimum Gasteiger partial charge on any atom is -0.439 e. The fourth-order valence-electron chi connectivity index (χ4n) is 4.83. The minimum absolute atomic E-state index is 0.101. The molecular formula is C22H17N3O3S. The normalized spacial score (nSPS) is 27.3. The predicted octanol–water partition coefficient (Wildman–Crippen LogP) is 4.10. The van der Waals surface area contributed by atoms with Crippen molar-refractivity contribution >= 4 is 38.5 Å². The van der Waals surface area contributed by atoms with Gasteiger partial charge in [-0.2, -0.15) is 0 Å². The molecule has 3 aromatic rings. The second kappa shape index (κ2) is 5.97. The molecule has 2 aromatic heterocycles. The van der Waals surface area contributed by atoms with Crippen molar-refractivity contribution in [1.29, 1.82) is 0 Å². The summed E-state index contributed by atoms with van der Waals surface area (Å²) in [7, 11) is 0. The van der Waals surface area contributed by atoms with E-state index in [1.54, 1.807) is 6.20 Å². The van der Waals surface area contributed by atoms with Crippen LogP contribution < -0.4 is 9.64 Å². The lowest BCUT2D eigenvalue weighted by Crippen LogP contribution is -2.32. The van der Waals surface area contributed by atoms with Crippen LogP contribution >= 0.6 is 11.3 Å². The molecule has 1 aromatic carbocycles. The van der Waals surface area contributed by atoms with Crippen LogP contribution in [0.1, 0.15) is 12.0 Å². The third kappa shape index (κ3) is 2.47. The van der Waals surface area contributed by atoms with E-state index in [9.17, 15) is 9.59 Å². The molecule has 0 unspecified atom stereocenters. The lowest BCUT2D eigenvalue weighted by atomic mass is 9.85. The van der Waals surface area contributed by atoms with E-state index in [4.69, 9.17) is 4.74 Å². The van der Waals surface area contributed by atoms with Gasteiger partial charge in [0.05, 0.1) is 22.1 Å². The second-order valence-corrected chi connectivity index (χ2v) is 8.92. The summed E-state index contributed by atoms with van der Waals surface area (Å²) >= 11 is 1.34. The zero-order valence-corrected chi connectivity index (χ0v) is 16.4. The molecule has 1 aliphatic heterocycles. The van der Waals surface area contributed by atoms with Gasteiger partial charge in [-0.15, -0.1) is 0 Å². The van der Waals surface area contributed by atoms with Crippen LogP contribution in [-0.4, -0.2) is 21.8 Å². The van der Waals surface area contributed by atoms with E-state index in [1.165, 1.54) is 16.2 Å². The number of carbonyl (C=O) groups is 2. The Morgan fingerprint density at radius 2 is 1.83 bits per heavy atom. The van der Waals surface area contributed by atoms with E-state index < -0.39 is 0 Å². The highest BCUT2D eigenvalue weighted by atomic mass is 32.1. The highest BCUT2D eigenvalue weighted by Gasteiger charge is 2.60. The zero-order valence-electron chi connectivity index (χ0n) is 15.6. The highest BCUT2D eigenvalue weighted by Crippen LogP contribution is 2.53. The molecule has 3 heterocycles. The van der Waals surface area contributed by atoms with Crippen molar-refractivity contribution < 1.29 is 14.3 Å². The molecule has 7 heteroatoms. The number of amides is 2. The van der Waals surface area contributed by atoms with E-state index in [0.717, 1.165) is 22.2 Å². The molecule has 144 valence electrons. The summed E-state index contributed by atoms with van der Waals surface area (Å²) in [5.41, 5.74) is 1.81. The fraction of sp³-hybridized carbons (Fsp3) is 0.273. The van der Waals surface area contributed by atoms with Crippen molar-refractivity contribution in [3.05, 3.63) is 54.2 Å². The number of pyridine rings is 1. The van der Waals surface area contributed by atoms with Crippen molar-refractivity contribution in [3.8, 4) is 11.6 Å². The molecule has 0 radical (unpaired) electrons. The van der Waals surface area contributed by atoms with Gasteiger partial charge in [0.25, 0.3) is 0 Å². The maximum atomic E-state index is 13.0. The number of carbonyl (C=O) groups excluding carboxylic acids is 2. The Hall–Kier alpha value is -3.06. The Kier molecular flexibility index (Phi) is 3.47. The largest absolute Gasteiger partial charge is 0.439 e. The molecule has 2 amide bonds. The number of hydrogen-bond acceptors (Lipinski definition) is 6. The Morgan fingerprint density at radius 1 is 1.07 bits per heavy atom. The molecule has 0 N–H and O–H groups in total. The maximum Gasteiger partial charge on any atom is 0.240 e. The van der Waals surface area contributed by atoms with Gasteiger partial charge in [-0.05, 0) is 48.9 Å². The number of thiazole rings is 1. The first-order valence-electron chi connectivity index (χ1n) is 9.66. The van der Waals surface area contributed by atoms with Gasteiger partial charge in [-0.3, -0.25) is 9.59 Å². The van der Waals surface area contributed by atoms with E-state index >= 15 is 0 Å². The number of imide groups is 1. The number of anilines is 1. The lowest BCUT2D eigenvalue weighted by Gasteiger charge is -2.14. The average Bonchev–Trinajstić information content (AvgIpc) is 3.44. The number of nitrogens with zero attached hydrogens (tertiary/aromatic N) is 3. The van der Waals surface area contributed by atoms with Gasteiger partial charge in [0.15, 0.2) is 5.13 Å². The number of benzene rings is 1. The zero-order chi connectivity index (χ0) is 19.7. The van der Waals surface area contributed by atoms with Crippen molar-refractivity contribution in [3.63, 3.8) is 0 Å². The molecular weight excluding hydrogens is 386 g/mol. The van der Waals surface area contributed by atoms with Crippen LogP contribution in [0.2, 0.25) is 0 Å². The fourth-order valence-corrected chi connectivity index (χ4v) is 5.83. The van der Waals surface area contributed by atoms with Crippen LogP contribution in [-0.2, 0) is 9.59 Å². The van der Waals surface area contributed by atoms with Crippen LogP contribution in [0.25, 0.3) is 10.2 Å². The predicted molar refractivity (Wildman–Crippen MR) is 109 cm³/mol. The maximum absolute atomic E-state index is 13.0. The summed E-state index contributed by atoms with van der Waals surface area (Å²) in [6.45, 7) is 1.98. The van der Waals surface area contributed by atoms with Gasteiger partial charge in [0, 0.05) is 18.3 Å². The first-order chi connectivity index (χ1) is 14.1. The van der Waals surface area contributed by atoms with Gasteiger partial charge in [-0.1, -0.05) is 23.5 Å². The van der Waals surface area contributed by atoms with Crippen LogP contribution in [0.3, 0.4) is 0 Å². The molecule has 1 saturated carbocycles. The second-order valence-electron chi connectivity index (χ2n) is 7.91. The summed E-state index contributed by atoms with van der Waals surface area (Å²) < 4.78 is 6.72. The van der Waals surface area contributed by atoms with E-state index in [2.05, 4.69) is 22.1 Å². The molecule has 4 atom stereocenters. The van der Waals surface area contributed by atoms with Crippen molar-refractivity contribution in [2.45, 2.75) is 13.3 Å². The van der Waals surface area contributed by atoms with Crippen molar-refractivity contribution in [2.75, 3.05) is 4.90 Å². The van der Waals surface area contributed by atoms with Crippen LogP contribution in [0, 0.1) is 30.6 Å². The Labute approximate surface area is 170 Å². The molecule has 29 heavy (non-hydrogen) atoms. The summed E-state index contributed by atoms with van der Waals surface area (Å²) in [5.74, 6) is 0.934. The van der Waals surface area contributed by atoms with E-state index in [-0.39, 0.29) is 35.5 Å². The smallest absolute Gasteiger partial charge is 0.240 e. The summed E-state index contributed by atoms with van der Waals surface area (Å²) in [5, 5.41) is 0.453. The SMILES string of the molecule is Cc1ccnc(Oc2ccc3nc(N4C(=O)[C@@H]5[C@H](C4=O)[C@@H]4C=C[C@H]5C4)sc3c2)c1. The topological polar surface area (TPSA) is 72.4 Å². The van der Waals surface area contributed by atoms with Gasteiger partial charge < -0.3 is 4.74 Å². The molecule has 0 spiro atoms. The molecule has 6 rings (SSSR count). The number of hydrogen-bond donors (Lipinski definition) is 0. The number of aromatic nitrogens is 2. The summed E-state index contributed by atoms with van der Waals surface area (Å²) in [4.78, 5) is 36.1. The number of aryl methyl sites for hydroxylation is 1. The number of ether oxygens (including phenoxy) is 1. The standard InChI is InChI=1S/C22H17N3O3S/c1-11-6-7-23-17(8-11)28-14-4-5-15-16(10-14)29-22(24-15)25-20(26)18-12-2-3-13(9-12)19(18)21(25)27/h2-8,10,12-13,18-19H,9H2,1H3/t12-,13+,18-,19+. The molecule has 6 nitrogen and oxygen atoms in total. The van der Waals surface area contributed by atoms with Gasteiger partial charge >= 0.3 is 0 Å². The minimum atomic E-state index is -0.212. The monoisotopic (exact) mass is 403 g/mol. The van der Waals surface area contributed by atoms with Crippen molar-refractivity contribution in [2.24, 2.45) is 23.7 Å². The number of fused-ring (bicyclic) bond motifs is 6. The molecule has 2 aliphatic carbocycles. The lowest BCUT2D eigenvalue weighted by molar-refractivity contribution is -0.123. The third-order valence-electron chi connectivity index (χ3n) is 6.12. The number of rotatable bonds is 3. The molecule has 2 fully saturated rings.